The largest absolute Gasteiger partial charge is 0.339 e. The second kappa shape index (κ2) is 7.91. The van der Waals surface area contributed by atoms with Crippen LogP contribution >= 0.6 is 0 Å². The molecule has 0 unspecified atom stereocenters. The van der Waals surface area contributed by atoms with E-state index in [0.29, 0.717) is 12.0 Å². The van der Waals surface area contributed by atoms with Crippen molar-refractivity contribution in [2.75, 3.05) is 7.05 Å². The SMILES string of the molecule is C[C@@H](c1ccc(-n2cncn2)cc1)N(C)C(=O)CCc1ccccc1F. The van der Waals surface area contributed by atoms with Gasteiger partial charge >= 0.3 is 0 Å². The minimum atomic E-state index is -0.264. The Hall–Kier alpha value is -3.02. The quantitative estimate of drug-likeness (QED) is 0.682. The van der Waals surface area contributed by atoms with Gasteiger partial charge in [0.1, 0.15) is 18.5 Å². The summed E-state index contributed by atoms with van der Waals surface area (Å²) in [4.78, 5) is 18.1. The van der Waals surface area contributed by atoms with E-state index in [1.54, 1.807) is 41.2 Å². The van der Waals surface area contributed by atoms with Gasteiger partial charge in [-0.05, 0) is 42.7 Å². The van der Waals surface area contributed by atoms with Gasteiger partial charge < -0.3 is 4.90 Å². The third-order valence-electron chi connectivity index (χ3n) is 4.60. The molecule has 0 aliphatic rings. The number of amides is 1. The van der Waals surface area contributed by atoms with Crippen molar-refractivity contribution in [2.24, 2.45) is 0 Å². The zero-order chi connectivity index (χ0) is 18.5. The van der Waals surface area contributed by atoms with Crippen molar-refractivity contribution >= 4 is 5.91 Å². The Morgan fingerprint density at radius 1 is 1.19 bits per heavy atom. The maximum atomic E-state index is 13.7. The minimum absolute atomic E-state index is 0.0129. The molecule has 5 nitrogen and oxygen atoms in total. The number of hydrogen-bond donors (Lipinski definition) is 0. The van der Waals surface area contributed by atoms with Crippen LogP contribution in [0.4, 0.5) is 4.39 Å². The van der Waals surface area contributed by atoms with E-state index < -0.39 is 0 Å². The van der Waals surface area contributed by atoms with Gasteiger partial charge in [-0.15, -0.1) is 0 Å². The molecule has 0 radical (unpaired) electrons. The van der Waals surface area contributed by atoms with E-state index in [-0.39, 0.29) is 24.2 Å². The number of halogens is 1. The molecule has 26 heavy (non-hydrogen) atoms. The van der Waals surface area contributed by atoms with Crippen molar-refractivity contribution < 1.29 is 9.18 Å². The predicted octanol–water partition coefficient (Wildman–Crippen LogP) is 3.56. The fourth-order valence-corrected chi connectivity index (χ4v) is 2.81. The highest BCUT2D eigenvalue weighted by Gasteiger charge is 2.18. The van der Waals surface area contributed by atoms with Crippen LogP contribution in [0.25, 0.3) is 5.69 Å². The number of hydrogen-bond acceptors (Lipinski definition) is 3. The average Bonchev–Trinajstić information content (AvgIpc) is 3.21. The first kappa shape index (κ1) is 17.8. The molecule has 0 saturated carbocycles. The predicted molar refractivity (Wildman–Crippen MR) is 97.3 cm³/mol. The van der Waals surface area contributed by atoms with Crippen molar-refractivity contribution in [3.05, 3.63) is 78.1 Å². The van der Waals surface area contributed by atoms with Crippen molar-refractivity contribution in [3.8, 4) is 5.69 Å². The number of aryl methyl sites for hydroxylation is 1. The Bertz CT molecular complexity index is 862. The van der Waals surface area contributed by atoms with Crippen LogP contribution < -0.4 is 0 Å². The molecule has 1 heterocycles. The fourth-order valence-electron chi connectivity index (χ4n) is 2.81. The Morgan fingerprint density at radius 3 is 2.58 bits per heavy atom. The van der Waals surface area contributed by atoms with Crippen molar-refractivity contribution in [2.45, 2.75) is 25.8 Å². The van der Waals surface area contributed by atoms with Gasteiger partial charge in [0.05, 0.1) is 11.7 Å². The molecular formula is C20H21FN4O. The molecule has 134 valence electrons. The van der Waals surface area contributed by atoms with E-state index in [9.17, 15) is 9.18 Å². The first-order chi connectivity index (χ1) is 12.6. The minimum Gasteiger partial charge on any atom is -0.339 e. The summed E-state index contributed by atoms with van der Waals surface area (Å²) in [5, 5.41) is 4.09. The number of carbonyl (C=O) groups excluding carboxylic acids is 1. The smallest absolute Gasteiger partial charge is 0.223 e. The number of aromatic nitrogens is 3. The Balaban J connectivity index is 1.62. The Kier molecular flexibility index (Phi) is 5.41. The van der Waals surface area contributed by atoms with Gasteiger partial charge in [-0.25, -0.2) is 14.1 Å². The van der Waals surface area contributed by atoms with Gasteiger partial charge in [-0.3, -0.25) is 4.79 Å². The third kappa shape index (κ3) is 3.96. The molecule has 0 aliphatic heterocycles. The lowest BCUT2D eigenvalue weighted by Gasteiger charge is -2.25. The van der Waals surface area contributed by atoms with Gasteiger partial charge in [-0.2, -0.15) is 5.10 Å². The molecule has 0 spiro atoms. The highest BCUT2D eigenvalue weighted by atomic mass is 19.1. The normalized spacial score (nSPS) is 12.0. The van der Waals surface area contributed by atoms with Crippen LogP contribution in [0, 0.1) is 5.82 Å². The van der Waals surface area contributed by atoms with E-state index in [2.05, 4.69) is 10.1 Å². The second-order valence-electron chi connectivity index (χ2n) is 6.20. The molecule has 0 bridgehead atoms. The molecule has 0 saturated heterocycles. The van der Waals surface area contributed by atoms with Crippen LogP contribution in [0.1, 0.15) is 30.5 Å². The van der Waals surface area contributed by atoms with Crippen LogP contribution in [0.5, 0.6) is 0 Å². The summed E-state index contributed by atoms with van der Waals surface area (Å²) in [5.41, 5.74) is 2.50. The van der Waals surface area contributed by atoms with Gasteiger partial charge in [0.25, 0.3) is 0 Å². The molecule has 1 atom stereocenters. The number of nitrogens with zero attached hydrogens (tertiary/aromatic N) is 4. The zero-order valence-corrected chi connectivity index (χ0v) is 14.8. The molecule has 2 aromatic carbocycles. The third-order valence-corrected chi connectivity index (χ3v) is 4.60. The van der Waals surface area contributed by atoms with Gasteiger partial charge in [0.15, 0.2) is 0 Å². The van der Waals surface area contributed by atoms with E-state index in [1.807, 2.05) is 31.2 Å². The van der Waals surface area contributed by atoms with E-state index in [1.165, 1.54) is 12.4 Å². The molecule has 1 amide bonds. The fraction of sp³-hybridized carbons (Fsp3) is 0.250. The molecule has 1 aromatic heterocycles. The molecule has 3 aromatic rings. The summed E-state index contributed by atoms with van der Waals surface area (Å²) < 4.78 is 15.4. The van der Waals surface area contributed by atoms with Crippen LogP contribution in [-0.2, 0) is 11.2 Å². The van der Waals surface area contributed by atoms with Gasteiger partial charge in [0.2, 0.25) is 5.91 Å². The zero-order valence-electron chi connectivity index (χ0n) is 14.8. The number of benzene rings is 2. The van der Waals surface area contributed by atoms with Crippen molar-refractivity contribution in [3.63, 3.8) is 0 Å². The molecule has 0 fully saturated rings. The van der Waals surface area contributed by atoms with E-state index in [0.717, 1.165) is 11.3 Å². The van der Waals surface area contributed by atoms with Crippen LogP contribution in [0.3, 0.4) is 0 Å². The Labute approximate surface area is 152 Å². The summed E-state index contributed by atoms with van der Waals surface area (Å²) in [6.07, 6.45) is 3.79. The molecular weight excluding hydrogens is 331 g/mol. The summed E-state index contributed by atoms with van der Waals surface area (Å²) in [6.45, 7) is 1.98. The van der Waals surface area contributed by atoms with E-state index >= 15 is 0 Å². The average molecular weight is 352 g/mol. The topological polar surface area (TPSA) is 51.0 Å². The van der Waals surface area contributed by atoms with Crippen LogP contribution in [0.15, 0.2) is 61.2 Å². The van der Waals surface area contributed by atoms with Crippen molar-refractivity contribution in [1.82, 2.24) is 19.7 Å². The number of carbonyl (C=O) groups is 1. The highest BCUT2D eigenvalue weighted by Crippen LogP contribution is 2.21. The van der Waals surface area contributed by atoms with Crippen molar-refractivity contribution in [1.29, 1.82) is 0 Å². The van der Waals surface area contributed by atoms with E-state index in [4.69, 9.17) is 0 Å². The first-order valence-electron chi connectivity index (χ1n) is 8.50. The van der Waals surface area contributed by atoms with Crippen LogP contribution in [-0.4, -0.2) is 32.6 Å². The lowest BCUT2D eigenvalue weighted by atomic mass is 10.0. The summed E-state index contributed by atoms with van der Waals surface area (Å²) in [7, 11) is 1.78. The summed E-state index contributed by atoms with van der Waals surface area (Å²) in [5.74, 6) is -0.277. The standard InChI is InChI=1S/C20H21FN4O/c1-15(16-7-10-18(11-8-16)25-14-22-13-23-25)24(2)20(26)12-9-17-5-3-4-6-19(17)21/h3-8,10-11,13-15H,9,12H2,1-2H3/t15-/m0/s1. The first-order valence-corrected chi connectivity index (χ1v) is 8.50. The Morgan fingerprint density at radius 2 is 1.92 bits per heavy atom. The molecule has 6 heteroatoms. The van der Waals surface area contributed by atoms with Gasteiger partial charge in [-0.1, -0.05) is 30.3 Å². The monoisotopic (exact) mass is 352 g/mol. The molecule has 0 N–H and O–H groups in total. The maximum absolute atomic E-state index is 13.7. The van der Waals surface area contributed by atoms with Crippen LogP contribution in [0.2, 0.25) is 0 Å². The molecule has 0 aliphatic carbocycles. The number of rotatable bonds is 6. The molecule has 3 rings (SSSR count). The maximum Gasteiger partial charge on any atom is 0.223 e. The second-order valence-corrected chi connectivity index (χ2v) is 6.20. The van der Waals surface area contributed by atoms with Gasteiger partial charge in [0, 0.05) is 13.5 Å². The summed E-state index contributed by atoms with van der Waals surface area (Å²) >= 11 is 0. The lowest BCUT2D eigenvalue weighted by molar-refractivity contribution is -0.131. The summed E-state index contributed by atoms with van der Waals surface area (Å²) in [6, 6.07) is 14.3. The lowest BCUT2D eigenvalue weighted by Crippen LogP contribution is -2.29. The highest BCUT2D eigenvalue weighted by molar-refractivity contribution is 5.76.